The second-order valence-corrected chi connectivity index (χ2v) is 8.23. The molecule has 1 aliphatic carbocycles. The van der Waals surface area contributed by atoms with Crippen LogP contribution in [0.25, 0.3) is 11.1 Å². The van der Waals surface area contributed by atoms with Gasteiger partial charge in [-0.3, -0.25) is 0 Å². The molecule has 2 heteroatoms. The van der Waals surface area contributed by atoms with E-state index in [1.165, 1.54) is 47.1 Å². The van der Waals surface area contributed by atoms with Gasteiger partial charge in [-0.25, -0.2) is 4.58 Å². The molecule has 0 N–H and O–H groups in total. The summed E-state index contributed by atoms with van der Waals surface area (Å²) in [5.74, 6) is 0. The van der Waals surface area contributed by atoms with Gasteiger partial charge in [0.25, 0.3) is 0 Å². The minimum Gasteiger partial charge on any atom is -0.367 e. The SMILES string of the molecule is C1=[N+]([C@H]2CCCC[C@@H]2OCc2ccccc2)Cc2ccccc2-c2ccccc21. The second kappa shape index (κ2) is 8.34. The predicted molar refractivity (Wildman–Crippen MR) is 118 cm³/mol. The van der Waals surface area contributed by atoms with Gasteiger partial charge >= 0.3 is 0 Å². The van der Waals surface area contributed by atoms with Crippen molar-refractivity contribution in [2.75, 3.05) is 0 Å². The Morgan fingerprint density at radius 1 is 0.759 bits per heavy atom. The van der Waals surface area contributed by atoms with Crippen LogP contribution in [0.5, 0.6) is 0 Å². The van der Waals surface area contributed by atoms with E-state index in [1.54, 1.807) is 0 Å². The minimum atomic E-state index is 0.276. The monoisotopic (exact) mass is 382 g/mol. The van der Waals surface area contributed by atoms with Crippen LogP contribution in [0.15, 0.2) is 78.9 Å². The Kier molecular flexibility index (Phi) is 5.27. The molecule has 0 radical (unpaired) electrons. The van der Waals surface area contributed by atoms with E-state index in [-0.39, 0.29) is 6.10 Å². The fourth-order valence-corrected chi connectivity index (χ4v) is 4.84. The summed E-state index contributed by atoms with van der Waals surface area (Å²) in [4.78, 5) is 0. The molecule has 5 rings (SSSR count). The Labute approximate surface area is 173 Å². The Morgan fingerprint density at radius 3 is 2.38 bits per heavy atom. The first-order valence-corrected chi connectivity index (χ1v) is 10.8. The van der Waals surface area contributed by atoms with E-state index < -0.39 is 0 Å². The highest BCUT2D eigenvalue weighted by Gasteiger charge is 2.35. The van der Waals surface area contributed by atoms with Crippen LogP contribution < -0.4 is 0 Å². The highest BCUT2D eigenvalue weighted by Crippen LogP contribution is 2.32. The second-order valence-electron chi connectivity index (χ2n) is 8.23. The van der Waals surface area contributed by atoms with Crippen LogP contribution in [-0.4, -0.2) is 22.9 Å². The number of benzene rings is 3. The summed E-state index contributed by atoms with van der Waals surface area (Å²) >= 11 is 0. The van der Waals surface area contributed by atoms with Crippen LogP contribution in [0.4, 0.5) is 0 Å². The molecule has 3 aromatic carbocycles. The minimum absolute atomic E-state index is 0.276. The van der Waals surface area contributed by atoms with E-state index in [4.69, 9.17) is 4.74 Å². The number of rotatable bonds is 4. The fourth-order valence-electron chi connectivity index (χ4n) is 4.84. The summed E-state index contributed by atoms with van der Waals surface area (Å²) in [5.41, 5.74) is 6.67. The van der Waals surface area contributed by atoms with Gasteiger partial charge in [0.05, 0.1) is 6.61 Å². The Hall–Kier alpha value is -2.71. The Morgan fingerprint density at radius 2 is 1.48 bits per heavy atom. The van der Waals surface area contributed by atoms with Crippen LogP contribution in [-0.2, 0) is 17.9 Å². The van der Waals surface area contributed by atoms with Gasteiger partial charge in [-0.05, 0) is 35.6 Å². The molecule has 1 aliphatic heterocycles. The van der Waals surface area contributed by atoms with Crippen LogP contribution in [0.1, 0.15) is 42.4 Å². The van der Waals surface area contributed by atoms with Crippen molar-refractivity contribution >= 4 is 6.21 Å². The summed E-state index contributed by atoms with van der Waals surface area (Å²) in [6.07, 6.45) is 7.54. The smallest absolute Gasteiger partial charge is 0.179 e. The average molecular weight is 383 g/mol. The number of hydrogen-bond acceptors (Lipinski definition) is 1. The summed E-state index contributed by atoms with van der Waals surface area (Å²) in [6, 6.07) is 28.6. The molecule has 146 valence electrons. The van der Waals surface area contributed by atoms with Crippen molar-refractivity contribution < 1.29 is 9.31 Å². The summed E-state index contributed by atoms with van der Waals surface area (Å²) in [7, 11) is 0. The van der Waals surface area contributed by atoms with Crippen molar-refractivity contribution in [1.82, 2.24) is 0 Å². The van der Waals surface area contributed by atoms with Gasteiger partial charge in [-0.1, -0.05) is 79.2 Å². The maximum absolute atomic E-state index is 6.49. The maximum atomic E-state index is 6.49. The third-order valence-corrected chi connectivity index (χ3v) is 6.33. The van der Waals surface area contributed by atoms with Crippen molar-refractivity contribution in [3.8, 4) is 11.1 Å². The first kappa shape index (κ1) is 18.3. The lowest BCUT2D eigenvalue weighted by Gasteiger charge is -2.29. The van der Waals surface area contributed by atoms with E-state index in [0.29, 0.717) is 12.6 Å². The molecule has 2 atom stereocenters. The molecular formula is C27H28NO+. The lowest BCUT2D eigenvalue weighted by molar-refractivity contribution is -0.590. The Bertz CT molecular complexity index is 1010. The number of hydrogen-bond donors (Lipinski definition) is 0. The van der Waals surface area contributed by atoms with Gasteiger partial charge in [0.2, 0.25) is 0 Å². The fraction of sp³-hybridized carbons (Fsp3) is 0.296. The highest BCUT2D eigenvalue weighted by atomic mass is 16.5. The molecule has 0 bridgehead atoms. The zero-order valence-corrected chi connectivity index (χ0v) is 16.8. The molecule has 0 amide bonds. The predicted octanol–water partition coefficient (Wildman–Crippen LogP) is 5.83. The standard InChI is InChI=1S/C27H28NO/c1-2-10-21(11-3-1)20-29-27-17-9-8-16-26(27)28-18-22-12-4-6-14-24(22)25-15-7-5-13-23(25)19-28/h1-7,10-15,18,26-27H,8-9,16-17,19-20H2/q+1/t26-,27-/m0/s1. The van der Waals surface area contributed by atoms with Gasteiger partial charge < -0.3 is 4.74 Å². The summed E-state index contributed by atoms with van der Waals surface area (Å²) in [6.45, 7) is 1.64. The largest absolute Gasteiger partial charge is 0.367 e. The van der Waals surface area contributed by atoms with Crippen molar-refractivity contribution in [2.45, 2.75) is 51.0 Å². The van der Waals surface area contributed by atoms with Gasteiger partial charge in [-0.2, -0.15) is 0 Å². The highest BCUT2D eigenvalue weighted by molar-refractivity contribution is 5.89. The lowest BCUT2D eigenvalue weighted by atomic mass is 9.91. The van der Waals surface area contributed by atoms with Gasteiger partial charge in [-0.15, -0.1) is 0 Å². The van der Waals surface area contributed by atoms with Crippen molar-refractivity contribution in [1.29, 1.82) is 0 Å². The third-order valence-electron chi connectivity index (χ3n) is 6.33. The molecule has 0 spiro atoms. The van der Waals surface area contributed by atoms with Crippen LogP contribution in [0.2, 0.25) is 0 Å². The van der Waals surface area contributed by atoms with Gasteiger partial charge in [0.15, 0.2) is 18.8 Å². The number of ether oxygens (including phenoxy) is 1. The van der Waals surface area contributed by atoms with E-state index in [1.807, 2.05) is 0 Å². The third kappa shape index (κ3) is 3.90. The molecule has 1 saturated carbocycles. The summed E-state index contributed by atoms with van der Waals surface area (Å²) < 4.78 is 9.04. The van der Waals surface area contributed by atoms with Crippen LogP contribution >= 0.6 is 0 Å². The molecule has 0 aromatic heterocycles. The number of nitrogens with zero attached hydrogens (tertiary/aromatic N) is 1. The van der Waals surface area contributed by atoms with E-state index in [9.17, 15) is 0 Å². The topological polar surface area (TPSA) is 12.2 Å². The zero-order chi connectivity index (χ0) is 19.5. The maximum Gasteiger partial charge on any atom is 0.179 e. The van der Waals surface area contributed by atoms with Crippen molar-refractivity contribution in [3.05, 3.63) is 95.6 Å². The van der Waals surface area contributed by atoms with Crippen molar-refractivity contribution in [3.63, 3.8) is 0 Å². The zero-order valence-electron chi connectivity index (χ0n) is 16.8. The van der Waals surface area contributed by atoms with Gasteiger partial charge in [0, 0.05) is 17.5 Å². The van der Waals surface area contributed by atoms with Crippen LogP contribution in [0, 0.1) is 0 Å². The van der Waals surface area contributed by atoms with Crippen molar-refractivity contribution in [2.24, 2.45) is 0 Å². The quantitative estimate of drug-likeness (QED) is 0.517. The van der Waals surface area contributed by atoms with E-state index >= 15 is 0 Å². The first-order chi connectivity index (χ1) is 14.4. The summed E-state index contributed by atoms with van der Waals surface area (Å²) in [5, 5.41) is 0. The molecule has 1 fully saturated rings. The number of fused-ring (bicyclic) bond motifs is 3. The molecule has 0 unspecified atom stereocenters. The lowest BCUT2D eigenvalue weighted by Crippen LogP contribution is -2.41. The molecule has 29 heavy (non-hydrogen) atoms. The average Bonchev–Trinajstić information content (AvgIpc) is 2.95. The molecule has 2 nitrogen and oxygen atoms in total. The van der Waals surface area contributed by atoms with E-state index in [2.05, 4.69) is 89.7 Å². The molecule has 0 saturated heterocycles. The van der Waals surface area contributed by atoms with Crippen LogP contribution in [0.3, 0.4) is 0 Å². The molecule has 2 aliphatic rings. The Balaban J connectivity index is 1.46. The molecule has 1 heterocycles. The molecular weight excluding hydrogens is 354 g/mol. The van der Waals surface area contributed by atoms with E-state index in [0.717, 1.165) is 13.0 Å². The normalized spacial score (nSPS) is 20.9. The molecule has 3 aromatic rings. The van der Waals surface area contributed by atoms with Gasteiger partial charge in [0.1, 0.15) is 6.10 Å². The first-order valence-electron chi connectivity index (χ1n) is 10.8.